The average Bonchev–Trinajstić information content (AvgIpc) is 2.90. The van der Waals surface area contributed by atoms with Gasteiger partial charge in [0.25, 0.3) is 5.71 Å². The summed E-state index contributed by atoms with van der Waals surface area (Å²) >= 11 is 5.87. The summed E-state index contributed by atoms with van der Waals surface area (Å²) in [5.41, 5.74) is 2.49. The zero-order chi connectivity index (χ0) is 13.9. The molecule has 0 aliphatic heterocycles. The van der Waals surface area contributed by atoms with Gasteiger partial charge in [-0.1, -0.05) is 35.8 Å². The van der Waals surface area contributed by atoms with Crippen molar-refractivity contribution in [3.05, 3.63) is 46.9 Å². The minimum atomic E-state index is 0.510. The lowest BCUT2D eigenvalue weighted by Crippen LogP contribution is -2.02. The van der Waals surface area contributed by atoms with Crippen LogP contribution >= 0.6 is 11.6 Å². The van der Waals surface area contributed by atoms with Gasteiger partial charge in [0.1, 0.15) is 17.5 Å². The minimum absolute atomic E-state index is 0.510. The van der Waals surface area contributed by atoms with Gasteiger partial charge in [-0.05, 0) is 24.1 Å². The normalized spacial score (nSPS) is 10.9. The van der Waals surface area contributed by atoms with Crippen molar-refractivity contribution in [2.45, 2.75) is 19.9 Å². The number of hydrogen-bond donors (Lipinski definition) is 1. The molecule has 2 aromatic heterocycles. The maximum Gasteiger partial charge on any atom is 0.263 e. The third-order valence-electron chi connectivity index (χ3n) is 3.05. The minimum Gasteiger partial charge on any atom is -0.365 e. The van der Waals surface area contributed by atoms with Gasteiger partial charge in [0.2, 0.25) is 0 Å². The molecule has 2 heterocycles. The molecule has 0 unspecified atom stereocenters. The summed E-state index contributed by atoms with van der Waals surface area (Å²) in [5.74, 6) is 0.739. The smallest absolute Gasteiger partial charge is 0.263 e. The van der Waals surface area contributed by atoms with Crippen molar-refractivity contribution >= 4 is 28.5 Å². The van der Waals surface area contributed by atoms with E-state index in [4.69, 9.17) is 16.1 Å². The molecule has 0 spiro atoms. The van der Waals surface area contributed by atoms with Crippen LogP contribution in [0.2, 0.25) is 5.02 Å². The molecule has 0 fully saturated rings. The molecule has 1 aromatic carbocycles. The molecule has 6 heteroatoms. The van der Waals surface area contributed by atoms with Crippen molar-refractivity contribution in [3.63, 3.8) is 0 Å². The number of benzene rings is 1. The lowest BCUT2D eigenvalue weighted by molar-refractivity contribution is 0.439. The van der Waals surface area contributed by atoms with Crippen LogP contribution in [0.15, 0.2) is 35.1 Å². The number of anilines is 1. The first-order valence-corrected chi connectivity index (χ1v) is 6.73. The number of fused-ring (bicyclic) bond motifs is 1. The van der Waals surface area contributed by atoms with Gasteiger partial charge in [0.05, 0.1) is 5.69 Å². The standard InChI is InChI=1S/C14H13ClN4O/c1-2-11-12-13(17-8-18-14(12)20-19-11)16-7-9-3-5-10(15)6-4-9/h3-6,8H,2,7H2,1H3,(H,16,17,18). The van der Waals surface area contributed by atoms with Crippen LogP contribution in [0.25, 0.3) is 11.1 Å². The molecule has 0 saturated heterocycles. The van der Waals surface area contributed by atoms with Gasteiger partial charge in [-0.15, -0.1) is 0 Å². The topological polar surface area (TPSA) is 63.8 Å². The maximum atomic E-state index is 5.87. The van der Waals surface area contributed by atoms with Gasteiger partial charge < -0.3 is 9.84 Å². The third kappa shape index (κ3) is 2.44. The lowest BCUT2D eigenvalue weighted by Gasteiger charge is -2.06. The molecule has 5 nitrogen and oxygen atoms in total. The fraction of sp³-hybridized carbons (Fsp3) is 0.214. The molecule has 0 aliphatic carbocycles. The van der Waals surface area contributed by atoms with Gasteiger partial charge in [-0.25, -0.2) is 4.98 Å². The first-order valence-electron chi connectivity index (χ1n) is 6.35. The fourth-order valence-electron chi connectivity index (χ4n) is 2.01. The van der Waals surface area contributed by atoms with E-state index in [1.807, 2.05) is 31.2 Å². The molecule has 0 radical (unpaired) electrons. The largest absolute Gasteiger partial charge is 0.365 e. The summed E-state index contributed by atoms with van der Waals surface area (Å²) in [6.45, 7) is 2.67. The van der Waals surface area contributed by atoms with E-state index in [2.05, 4.69) is 20.4 Å². The second-order valence-electron chi connectivity index (χ2n) is 4.37. The molecule has 1 N–H and O–H groups in total. The van der Waals surface area contributed by atoms with Crippen LogP contribution in [0.4, 0.5) is 5.82 Å². The predicted octanol–water partition coefficient (Wildman–Crippen LogP) is 3.45. The maximum absolute atomic E-state index is 5.87. The van der Waals surface area contributed by atoms with Crippen LogP contribution in [0.3, 0.4) is 0 Å². The van der Waals surface area contributed by atoms with Gasteiger partial charge in [-0.3, -0.25) is 0 Å². The van der Waals surface area contributed by atoms with E-state index in [0.29, 0.717) is 12.3 Å². The Hall–Kier alpha value is -2.14. The van der Waals surface area contributed by atoms with E-state index in [9.17, 15) is 0 Å². The lowest BCUT2D eigenvalue weighted by atomic mass is 10.2. The molecule has 102 valence electrons. The zero-order valence-electron chi connectivity index (χ0n) is 10.9. The SMILES string of the molecule is CCc1noc2ncnc(NCc3ccc(Cl)cc3)c12. The van der Waals surface area contributed by atoms with E-state index in [0.717, 1.165) is 33.9 Å². The number of halogens is 1. The molecule has 0 aliphatic rings. The zero-order valence-corrected chi connectivity index (χ0v) is 11.7. The average molecular weight is 289 g/mol. The summed E-state index contributed by atoms with van der Waals surface area (Å²) in [6.07, 6.45) is 2.24. The van der Waals surface area contributed by atoms with Crippen LogP contribution in [0.5, 0.6) is 0 Å². The predicted molar refractivity (Wildman–Crippen MR) is 77.8 cm³/mol. The Bertz CT molecular complexity index is 724. The Kier molecular flexibility index (Phi) is 3.52. The fourth-order valence-corrected chi connectivity index (χ4v) is 2.13. The highest BCUT2D eigenvalue weighted by molar-refractivity contribution is 6.30. The van der Waals surface area contributed by atoms with Crippen LogP contribution in [-0.4, -0.2) is 15.1 Å². The number of aryl methyl sites for hydroxylation is 1. The Morgan fingerprint density at radius 1 is 1.20 bits per heavy atom. The van der Waals surface area contributed by atoms with E-state index in [-0.39, 0.29) is 0 Å². The first-order chi connectivity index (χ1) is 9.78. The Morgan fingerprint density at radius 2 is 2.00 bits per heavy atom. The van der Waals surface area contributed by atoms with E-state index >= 15 is 0 Å². The Morgan fingerprint density at radius 3 is 2.75 bits per heavy atom. The second kappa shape index (κ2) is 5.46. The molecule has 0 bridgehead atoms. The summed E-state index contributed by atoms with van der Waals surface area (Å²) in [6, 6.07) is 7.68. The molecule has 3 rings (SSSR count). The van der Waals surface area contributed by atoms with E-state index in [1.54, 1.807) is 0 Å². The van der Waals surface area contributed by atoms with E-state index in [1.165, 1.54) is 6.33 Å². The summed E-state index contributed by atoms with van der Waals surface area (Å²) in [5, 5.41) is 8.87. The van der Waals surface area contributed by atoms with Gasteiger partial charge >= 0.3 is 0 Å². The van der Waals surface area contributed by atoms with Gasteiger partial charge in [-0.2, -0.15) is 4.98 Å². The number of aromatic nitrogens is 3. The van der Waals surface area contributed by atoms with Crippen LogP contribution < -0.4 is 5.32 Å². The molecule has 20 heavy (non-hydrogen) atoms. The highest BCUT2D eigenvalue weighted by atomic mass is 35.5. The number of rotatable bonds is 4. The number of hydrogen-bond acceptors (Lipinski definition) is 5. The molecule has 3 aromatic rings. The Balaban J connectivity index is 1.87. The molecule has 0 saturated carbocycles. The van der Waals surface area contributed by atoms with Crippen molar-refractivity contribution in [3.8, 4) is 0 Å². The van der Waals surface area contributed by atoms with Crippen LogP contribution in [0, 0.1) is 0 Å². The molecular formula is C14H13ClN4O. The van der Waals surface area contributed by atoms with Crippen LogP contribution in [0.1, 0.15) is 18.2 Å². The van der Waals surface area contributed by atoms with E-state index < -0.39 is 0 Å². The third-order valence-corrected chi connectivity index (χ3v) is 3.30. The monoisotopic (exact) mass is 288 g/mol. The quantitative estimate of drug-likeness (QED) is 0.796. The summed E-state index contributed by atoms with van der Waals surface area (Å²) in [7, 11) is 0. The molecule has 0 atom stereocenters. The number of nitrogens with zero attached hydrogens (tertiary/aromatic N) is 3. The first kappa shape index (κ1) is 12.9. The van der Waals surface area contributed by atoms with Crippen LogP contribution in [-0.2, 0) is 13.0 Å². The highest BCUT2D eigenvalue weighted by Gasteiger charge is 2.13. The number of nitrogens with one attached hydrogen (secondary N) is 1. The van der Waals surface area contributed by atoms with Crippen molar-refractivity contribution in [1.29, 1.82) is 0 Å². The summed E-state index contributed by atoms with van der Waals surface area (Å²) in [4.78, 5) is 8.35. The molecule has 0 amide bonds. The van der Waals surface area contributed by atoms with Crippen molar-refractivity contribution in [1.82, 2.24) is 15.1 Å². The summed E-state index contributed by atoms with van der Waals surface area (Å²) < 4.78 is 5.19. The van der Waals surface area contributed by atoms with Crippen molar-refractivity contribution < 1.29 is 4.52 Å². The van der Waals surface area contributed by atoms with Gasteiger partial charge in [0, 0.05) is 11.6 Å². The Labute approximate surface area is 121 Å². The highest BCUT2D eigenvalue weighted by Crippen LogP contribution is 2.24. The van der Waals surface area contributed by atoms with Crippen molar-refractivity contribution in [2.24, 2.45) is 0 Å². The molecular weight excluding hydrogens is 276 g/mol. The second-order valence-corrected chi connectivity index (χ2v) is 4.80. The van der Waals surface area contributed by atoms with Gasteiger partial charge in [0.15, 0.2) is 0 Å². The van der Waals surface area contributed by atoms with Crippen molar-refractivity contribution in [2.75, 3.05) is 5.32 Å².